The predicted octanol–water partition coefficient (Wildman–Crippen LogP) is 1.59. The normalized spacial score (nSPS) is 15.2. The number of amides is 2. The molecule has 8 heteroatoms. The van der Waals surface area contributed by atoms with Crippen molar-refractivity contribution in [2.75, 3.05) is 34.3 Å². The summed E-state index contributed by atoms with van der Waals surface area (Å²) < 4.78 is 26.1. The largest absolute Gasteiger partial charge is 0.336 e. The van der Waals surface area contributed by atoms with E-state index < -0.39 is 10.0 Å². The lowest BCUT2D eigenvalue weighted by Gasteiger charge is -2.15. The standard InChI is InChI=1S/C12H16ClN3O3S/c13-5-2-8-20(18,19)15-10-3-1-4-11(9-10)16-7-6-14-12(16)17/h1,3-4,9,15H,2,5-8H2,(H,14,17). The predicted molar refractivity (Wildman–Crippen MR) is 79.9 cm³/mol. The van der Waals surface area contributed by atoms with E-state index in [0.717, 1.165) is 0 Å². The second kappa shape index (κ2) is 6.32. The van der Waals surface area contributed by atoms with Crippen molar-refractivity contribution in [2.24, 2.45) is 0 Å². The summed E-state index contributed by atoms with van der Waals surface area (Å²) in [4.78, 5) is 13.1. The Labute approximate surface area is 123 Å². The minimum atomic E-state index is -3.40. The van der Waals surface area contributed by atoms with Gasteiger partial charge in [-0.1, -0.05) is 6.07 Å². The van der Waals surface area contributed by atoms with Crippen LogP contribution in [-0.2, 0) is 10.0 Å². The Morgan fingerprint density at radius 2 is 2.20 bits per heavy atom. The number of alkyl halides is 1. The zero-order valence-corrected chi connectivity index (χ0v) is 12.4. The van der Waals surface area contributed by atoms with Crippen LogP contribution in [0.4, 0.5) is 16.2 Å². The molecule has 20 heavy (non-hydrogen) atoms. The van der Waals surface area contributed by atoms with E-state index in [1.807, 2.05) is 0 Å². The fourth-order valence-corrected chi connectivity index (χ4v) is 3.34. The molecule has 0 aromatic heterocycles. The number of hydrogen-bond donors (Lipinski definition) is 2. The van der Waals surface area contributed by atoms with Crippen molar-refractivity contribution in [2.45, 2.75) is 6.42 Å². The summed E-state index contributed by atoms with van der Waals surface area (Å²) in [6, 6.07) is 6.59. The van der Waals surface area contributed by atoms with Crippen LogP contribution < -0.4 is 14.9 Å². The first kappa shape index (κ1) is 14.9. The van der Waals surface area contributed by atoms with Crippen LogP contribution in [0.5, 0.6) is 0 Å². The minimum Gasteiger partial charge on any atom is -0.336 e. The zero-order valence-electron chi connectivity index (χ0n) is 10.8. The molecule has 110 valence electrons. The van der Waals surface area contributed by atoms with E-state index in [1.54, 1.807) is 29.2 Å². The number of sulfonamides is 1. The van der Waals surface area contributed by atoms with Crippen molar-refractivity contribution in [3.8, 4) is 0 Å². The Morgan fingerprint density at radius 3 is 2.85 bits per heavy atom. The Kier molecular flexibility index (Phi) is 4.72. The Morgan fingerprint density at radius 1 is 1.40 bits per heavy atom. The quantitative estimate of drug-likeness (QED) is 0.782. The van der Waals surface area contributed by atoms with Gasteiger partial charge < -0.3 is 5.32 Å². The molecule has 1 fully saturated rings. The van der Waals surface area contributed by atoms with Crippen LogP contribution in [-0.4, -0.2) is 39.2 Å². The highest BCUT2D eigenvalue weighted by molar-refractivity contribution is 7.92. The van der Waals surface area contributed by atoms with Crippen molar-refractivity contribution in [3.63, 3.8) is 0 Å². The molecule has 2 N–H and O–H groups in total. The molecule has 1 aliphatic rings. The monoisotopic (exact) mass is 317 g/mol. The number of halogens is 1. The highest BCUT2D eigenvalue weighted by Crippen LogP contribution is 2.21. The first-order chi connectivity index (χ1) is 9.52. The third-order valence-electron chi connectivity index (χ3n) is 2.83. The first-order valence-corrected chi connectivity index (χ1v) is 8.42. The first-order valence-electron chi connectivity index (χ1n) is 6.24. The summed E-state index contributed by atoms with van der Waals surface area (Å²) in [5.74, 6) is 0.278. The highest BCUT2D eigenvalue weighted by atomic mass is 35.5. The zero-order chi connectivity index (χ0) is 14.6. The highest BCUT2D eigenvalue weighted by Gasteiger charge is 2.21. The van der Waals surface area contributed by atoms with Crippen LogP contribution in [0, 0.1) is 0 Å². The lowest BCUT2D eigenvalue weighted by Crippen LogP contribution is -2.27. The van der Waals surface area contributed by atoms with Crippen molar-refractivity contribution in [1.29, 1.82) is 0 Å². The van der Waals surface area contributed by atoms with Crippen molar-refractivity contribution >= 4 is 39.0 Å². The van der Waals surface area contributed by atoms with E-state index in [-0.39, 0.29) is 11.8 Å². The van der Waals surface area contributed by atoms with Gasteiger partial charge in [-0.15, -0.1) is 11.6 Å². The van der Waals surface area contributed by atoms with Crippen LogP contribution in [0.25, 0.3) is 0 Å². The number of carbonyl (C=O) groups is 1. The van der Waals surface area contributed by atoms with Gasteiger partial charge in [-0.3, -0.25) is 9.62 Å². The van der Waals surface area contributed by atoms with Gasteiger partial charge in [0.1, 0.15) is 0 Å². The Balaban J connectivity index is 2.12. The molecule has 1 aromatic rings. The fourth-order valence-electron chi connectivity index (χ4n) is 1.93. The summed E-state index contributed by atoms with van der Waals surface area (Å²) >= 11 is 5.49. The number of anilines is 2. The third kappa shape index (κ3) is 3.77. The van der Waals surface area contributed by atoms with Gasteiger partial charge in [0, 0.05) is 24.7 Å². The van der Waals surface area contributed by atoms with Gasteiger partial charge >= 0.3 is 6.03 Å². The molecule has 0 aliphatic carbocycles. The van der Waals surface area contributed by atoms with Gasteiger partial charge in [-0.05, 0) is 24.6 Å². The smallest absolute Gasteiger partial charge is 0.321 e. The number of urea groups is 1. The molecule has 2 rings (SSSR count). The topological polar surface area (TPSA) is 78.5 Å². The number of benzene rings is 1. The number of rotatable bonds is 6. The number of hydrogen-bond acceptors (Lipinski definition) is 3. The van der Waals surface area contributed by atoms with Gasteiger partial charge in [0.05, 0.1) is 11.4 Å². The van der Waals surface area contributed by atoms with Crippen LogP contribution in [0.2, 0.25) is 0 Å². The molecular weight excluding hydrogens is 302 g/mol. The van der Waals surface area contributed by atoms with Gasteiger partial charge in [0.15, 0.2) is 0 Å². The molecule has 0 spiro atoms. The molecule has 0 unspecified atom stereocenters. The minimum absolute atomic E-state index is 0.0229. The average Bonchev–Trinajstić information content (AvgIpc) is 2.82. The van der Waals surface area contributed by atoms with E-state index in [4.69, 9.17) is 11.6 Å². The average molecular weight is 318 g/mol. The van der Waals surface area contributed by atoms with E-state index in [2.05, 4.69) is 10.0 Å². The maximum absolute atomic E-state index is 11.8. The van der Waals surface area contributed by atoms with Crippen molar-refractivity contribution in [3.05, 3.63) is 24.3 Å². The molecule has 6 nitrogen and oxygen atoms in total. The molecule has 1 heterocycles. The molecule has 0 bridgehead atoms. The van der Waals surface area contributed by atoms with Crippen molar-refractivity contribution in [1.82, 2.24) is 5.32 Å². The van der Waals surface area contributed by atoms with Gasteiger partial charge in [-0.25, -0.2) is 13.2 Å². The lowest BCUT2D eigenvalue weighted by molar-refractivity contribution is 0.252. The third-order valence-corrected chi connectivity index (χ3v) is 4.47. The summed E-state index contributed by atoms with van der Waals surface area (Å²) in [6.07, 6.45) is 0.394. The molecule has 2 amide bonds. The van der Waals surface area contributed by atoms with E-state index >= 15 is 0 Å². The van der Waals surface area contributed by atoms with Crippen LogP contribution in [0.1, 0.15) is 6.42 Å². The van der Waals surface area contributed by atoms with Gasteiger partial charge in [-0.2, -0.15) is 0 Å². The van der Waals surface area contributed by atoms with Crippen LogP contribution in [0.3, 0.4) is 0 Å². The second-order valence-electron chi connectivity index (χ2n) is 4.40. The SMILES string of the molecule is O=C1NCCN1c1cccc(NS(=O)(=O)CCCCl)c1. The number of nitrogens with one attached hydrogen (secondary N) is 2. The lowest BCUT2D eigenvalue weighted by atomic mass is 10.2. The molecule has 0 radical (unpaired) electrons. The number of nitrogens with zero attached hydrogens (tertiary/aromatic N) is 1. The molecule has 0 saturated carbocycles. The van der Waals surface area contributed by atoms with Gasteiger partial charge in [0.25, 0.3) is 0 Å². The molecule has 1 aliphatic heterocycles. The van der Waals surface area contributed by atoms with E-state index in [0.29, 0.717) is 36.8 Å². The molecular formula is C12H16ClN3O3S. The van der Waals surface area contributed by atoms with E-state index in [1.165, 1.54) is 0 Å². The Hall–Kier alpha value is -1.47. The summed E-state index contributed by atoms with van der Waals surface area (Å²) in [6.45, 7) is 1.16. The fraction of sp³-hybridized carbons (Fsp3) is 0.417. The van der Waals surface area contributed by atoms with Crippen LogP contribution in [0.15, 0.2) is 24.3 Å². The van der Waals surface area contributed by atoms with Crippen LogP contribution >= 0.6 is 11.6 Å². The molecule has 1 saturated heterocycles. The maximum Gasteiger partial charge on any atom is 0.321 e. The summed E-state index contributed by atoms with van der Waals surface area (Å²) in [5.41, 5.74) is 1.11. The second-order valence-corrected chi connectivity index (χ2v) is 6.62. The van der Waals surface area contributed by atoms with Gasteiger partial charge in [0.2, 0.25) is 10.0 Å². The summed E-state index contributed by atoms with van der Waals surface area (Å²) in [5, 5.41) is 2.70. The summed E-state index contributed by atoms with van der Waals surface area (Å²) in [7, 11) is -3.40. The maximum atomic E-state index is 11.8. The van der Waals surface area contributed by atoms with Crippen molar-refractivity contribution < 1.29 is 13.2 Å². The molecule has 0 atom stereocenters. The van der Waals surface area contributed by atoms with E-state index in [9.17, 15) is 13.2 Å². The number of carbonyl (C=O) groups excluding carboxylic acids is 1. The molecule has 1 aromatic carbocycles. The Bertz CT molecular complexity index is 591.